The van der Waals surface area contributed by atoms with Crippen molar-refractivity contribution >= 4 is 11.5 Å². The Hall–Kier alpha value is -1.63. The van der Waals surface area contributed by atoms with Crippen molar-refractivity contribution in [1.82, 2.24) is 9.78 Å². The lowest BCUT2D eigenvalue weighted by atomic mass is 10.1. The highest BCUT2D eigenvalue weighted by atomic mass is 16.6. The first-order valence-electron chi connectivity index (χ1n) is 6.67. The van der Waals surface area contributed by atoms with Gasteiger partial charge in [0.2, 0.25) is 5.82 Å². The second-order valence-corrected chi connectivity index (χ2v) is 4.99. The monoisotopic (exact) mass is 268 g/mol. The summed E-state index contributed by atoms with van der Waals surface area (Å²) in [6, 6.07) is 0. The highest BCUT2D eigenvalue weighted by Gasteiger charge is 2.32. The van der Waals surface area contributed by atoms with E-state index in [1.165, 1.54) is 0 Å². The molecule has 1 aromatic rings. The summed E-state index contributed by atoms with van der Waals surface area (Å²) < 4.78 is 1.57. The van der Waals surface area contributed by atoms with Crippen molar-refractivity contribution in [1.29, 1.82) is 0 Å². The van der Waals surface area contributed by atoms with E-state index < -0.39 is 6.10 Å². The van der Waals surface area contributed by atoms with Gasteiger partial charge in [-0.15, -0.1) is 0 Å². The van der Waals surface area contributed by atoms with Crippen LogP contribution >= 0.6 is 0 Å². The van der Waals surface area contributed by atoms with Crippen molar-refractivity contribution in [3.8, 4) is 0 Å². The number of aryl methyl sites for hydroxylation is 2. The number of piperidine rings is 1. The fourth-order valence-corrected chi connectivity index (χ4v) is 2.65. The number of hydrogen-bond acceptors (Lipinski definition) is 5. The molecule has 7 heteroatoms. The molecule has 1 fully saturated rings. The van der Waals surface area contributed by atoms with Crippen LogP contribution in [0, 0.1) is 10.1 Å². The number of aliphatic hydroxyl groups excluding tert-OH is 1. The molecule has 0 radical (unpaired) electrons. The van der Waals surface area contributed by atoms with E-state index in [1.54, 1.807) is 11.7 Å². The first kappa shape index (κ1) is 13.8. The molecule has 1 aliphatic heterocycles. The van der Waals surface area contributed by atoms with Crippen molar-refractivity contribution in [2.24, 2.45) is 7.05 Å². The van der Waals surface area contributed by atoms with E-state index >= 15 is 0 Å². The zero-order valence-electron chi connectivity index (χ0n) is 11.4. The van der Waals surface area contributed by atoms with E-state index in [4.69, 9.17) is 0 Å². The number of anilines is 1. The first-order valence-corrected chi connectivity index (χ1v) is 6.67. The molecular formula is C12H20N4O3. The number of nitrogens with zero attached hydrogens (tertiary/aromatic N) is 4. The summed E-state index contributed by atoms with van der Waals surface area (Å²) in [6.45, 7) is 3.14. The molecule has 0 amide bonds. The first-order chi connectivity index (χ1) is 9.04. The highest BCUT2D eigenvalue weighted by Crippen LogP contribution is 2.33. The Morgan fingerprint density at radius 2 is 2.32 bits per heavy atom. The van der Waals surface area contributed by atoms with Gasteiger partial charge in [-0.2, -0.15) is 5.10 Å². The molecule has 106 valence electrons. The lowest BCUT2D eigenvalue weighted by Crippen LogP contribution is -2.39. The Balaban J connectivity index is 2.40. The minimum Gasteiger partial charge on any atom is -0.391 e. The normalized spacial score (nSPS) is 19.7. The summed E-state index contributed by atoms with van der Waals surface area (Å²) in [5, 5.41) is 25.3. The lowest BCUT2D eigenvalue weighted by molar-refractivity contribution is -0.384. The third-order valence-electron chi connectivity index (χ3n) is 3.43. The highest BCUT2D eigenvalue weighted by molar-refractivity contribution is 5.62. The van der Waals surface area contributed by atoms with Gasteiger partial charge in [0, 0.05) is 20.1 Å². The number of aromatic nitrogens is 2. The molecule has 0 bridgehead atoms. The zero-order chi connectivity index (χ0) is 14.0. The van der Waals surface area contributed by atoms with E-state index in [0.717, 1.165) is 25.8 Å². The van der Waals surface area contributed by atoms with E-state index in [9.17, 15) is 15.2 Å². The predicted molar refractivity (Wildman–Crippen MR) is 71.3 cm³/mol. The largest absolute Gasteiger partial charge is 0.391 e. The van der Waals surface area contributed by atoms with Crippen LogP contribution in [0.25, 0.3) is 0 Å². The molecule has 19 heavy (non-hydrogen) atoms. The minimum absolute atomic E-state index is 0.0958. The van der Waals surface area contributed by atoms with Crippen LogP contribution in [-0.2, 0) is 13.5 Å². The molecular weight excluding hydrogens is 248 g/mol. The lowest BCUT2D eigenvalue weighted by Gasteiger charge is -2.30. The van der Waals surface area contributed by atoms with Gasteiger partial charge in [0.25, 0.3) is 0 Å². The second kappa shape index (κ2) is 5.56. The van der Waals surface area contributed by atoms with Crippen molar-refractivity contribution in [2.75, 3.05) is 18.0 Å². The van der Waals surface area contributed by atoms with Crippen molar-refractivity contribution in [3.63, 3.8) is 0 Å². The summed E-state index contributed by atoms with van der Waals surface area (Å²) in [5.41, 5.74) is 0.628. The number of aliphatic hydroxyl groups is 1. The molecule has 0 aromatic carbocycles. The molecule has 0 spiro atoms. The number of nitro groups is 1. The molecule has 0 unspecified atom stereocenters. The Bertz CT molecular complexity index is 472. The summed E-state index contributed by atoms with van der Waals surface area (Å²) in [6.07, 6.45) is 2.59. The zero-order valence-corrected chi connectivity index (χ0v) is 11.4. The van der Waals surface area contributed by atoms with Gasteiger partial charge in [-0.05, 0) is 19.3 Å². The summed E-state index contributed by atoms with van der Waals surface area (Å²) in [7, 11) is 1.72. The number of hydrogen-bond donors (Lipinski definition) is 1. The van der Waals surface area contributed by atoms with Gasteiger partial charge < -0.3 is 10.0 Å². The standard InChI is InChI=1S/C12H20N4O3/c1-3-5-10-11(16(18)19)12(14(2)13-10)15-7-4-6-9(17)8-15/h9,17H,3-8H2,1-2H3/t9-/m0/s1. The average Bonchev–Trinajstić information content (AvgIpc) is 2.66. The summed E-state index contributed by atoms with van der Waals surface area (Å²) in [4.78, 5) is 12.8. The molecule has 2 heterocycles. The molecule has 1 N–H and O–H groups in total. The predicted octanol–water partition coefficient (Wildman–Crippen LogP) is 1.24. The van der Waals surface area contributed by atoms with Crippen LogP contribution in [-0.4, -0.2) is 39.0 Å². The van der Waals surface area contributed by atoms with Gasteiger partial charge in [-0.25, -0.2) is 4.68 Å². The van der Waals surface area contributed by atoms with E-state index in [1.807, 2.05) is 11.8 Å². The van der Waals surface area contributed by atoms with E-state index in [-0.39, 0.29) is 10.6 Å². The summed E-state index contributed by atoms with van der Waals surface area (Å²) in [5.74, 6) is 0.521. The maximum atomic E-state index is 11.3. The van der Waals surface area contributed by atoms with Gasteiger partial charge in [-0.3, -0.25) is 10.1 Å². The van der Waals surface area contributed by atoms with Gasteiger partial charge >= 0.3 is 5.69 Å². The maximum absolute atomic E-state index is 11.3. The van der Waals surface area contributed by atoms with Crippen LogP contribution in [0.15, 0.2) is 0 Å². The Morgan fingerprint density at radius 1 is 1.58 bits per heavy atom. The van der Waals surface area contributed by atoms with Crippen LogP contribution in [0.3, 0.4) is 0 Å². The third kappa shape index (κ3) is 2.70. The van der Waals surface area contributed by atoms with Crippen LogP contribution in [0.4, 0.5) is 11.5 Å². The molecule has 1 saturated heterocycles. The fourth-order valence-electron chi connectivity index (χ4n) is 2.65. The minimum atomic E-state index is -0.419. The van der Waals surface area contributed by atoms with Crippen LogP contribution in [0.5, 0.6) is 0 Å². The molecule has 1 aliphatic rings. The van der Waals surface area contributed by atoms with Gasteiger partial charge in [0.05, 0.1) is 11.0 Å². The average molecular weight is 268 g/mol. The molecule has 1 aromatic heterocycles. The Kier molecular flexibility index (Phi) is 4.04. The van der Waals surface area contributed by atoms with Crippen LogP contribution in [0.1, 0.15) is 31.9 Å². The van der Waals surface area contributed by atoms with Crippen LogP contribution < -0.4 is 4.90 Å². The SMILES string of the molecule is CCCc1nn(C)c(N2CCC[C@H](O)C2)c1[N+](=O)[O-]. The molecule has 2 rings (SSSR count). The van der Waals surface area contributed by atoms with Crippen molar-refractivity contribution in [3.05, 3.63) is 15.8 Å². The van der Waals surface area contributed by atoms with Crippen LogP contribution in [0.2, 0.25) is 0 Å². The quantitative estimate of drug-likeness (QED) is 0.656. The fraction of sp³-hybridized carbons (Fsp3) is 0.750. The van der Waals surface area contributed by atoms with E-state index in [2.05, 4.69) is 5.10 Å². The smallest absolute Gasteiger partial charge is 0.334 e. The molecule has 0 aliphatic carbocycles. The number of β-amino-alcohol motifs (C(OH)–C–C–N with tert-alkyl or cyclic N) is 1. The van der Waals surface area contributed by atoms with Gasteiger partial charge in [-0.1, -0.05) is 13.3 Å². The van der Waals surface area contributed by atoms with Crippen molar-refractivity contribution < 1.29 is 10.0 Å². The maximum Gasteiger partial charge on any atom is 0.334 e. The molecule has 7 nitrogen and oxygen atoms in total. The van der Waals surface area contributed by atoms with Gasteiger partial charge in [0.15, 0.2) is 0 Å². The summed E-state index contributed by atoms with van der Waals surface area (Å²) >= 11 is 0. The Labute approximate surface area is 112 Å². The van der Waals surface area contributed by atoms with Gasteiger partial charge in [0.1, 0.15) is 5.69 Å². The number of rotatable bonds is 4. The Morgan fingerprint density at radius 3 is 2.89 bits per heavy atom. The molecule has 0 saturated carbocycles. The molecule has 1 atom stereocenters. The second-order valence-electron chi connectivity index (χ2n) is 4.99. The van der Waals surface area contributed by atoms with Crippen molar-refractivity contribution in [2.45, 2.75) is 38.7 Å². The van der Waals surface area contributed by atoms with E-state index in [0.29, 0.717) is 24.5 Å². The third-order valence-corrected chi connectivity index (χ3v) is 3.43. The topological polar surface area (TPSA) is 84.4 Å².